The lowest BCUT2D eigenvalue weighted by molar-refractivity contribution is -0.123. The van der Waals surface area contributed by atoms with E-state index in [0.717, 1.165) is 10.0 Å². The molecule has 0 saturated carbocycles. The number of halogens is 4. The van der Waals surface area contributed by atoms with Crippen molar-refractivity contribution in [3.05, 3.63) is 34.3 Å². The van der Waals surface area contributed by atoms with E-state index in [-0.39, 0.29) is 23.7 Å². The van der Waals surface area contributed by atoms with E-state index in [1.54, 1.807) is 0 Å². The Balaban J connectivity index is 0.00000242. The van der Waals surface area contributed by atoms with Crippen molar-refractivity contribution in [2.75, 3.05) is 13.1 Å². The molecule has 0 radical (unpaired) electrons. The van der Waals surface area contributed by atoms with Crippen molar-refractivity contribution in [3.63, 3.8) is 0 Å². The normalized spacial score (nSPS) is 20.3. The van der Waals surface area contributed by atoms with Gasteiger partial charge < -0.3 is 5.32 Å². The maximum Gasteiger partial charge on any atom is 0.262 e. The molecule has 0 bridgehead atoms. The van der Waals surface area contributed by atoms with Gasteiger partial charge in [-0.1, -0.05) is 41.9 Å². The van der Waals surface area contributed by atoms with E-state index < -0.39 is 24.9 Å². The van der Waals surface area contributed by atoms with E-state index in [1.165, 1.54) is 0 Å². The highest BCUT2D eigenvalue weighted by Crippen LogP contribution is 2.27. The molecule has 0 aromatic heterocycles. The van der Waals surface area contributed by atoms with Crippen LogP contribution in [0.15, 0.2) is 28.7 Å². The summed E-state index contributed by atoms with van der Waals surface area (Å²) in [5, 5.41) is 5.33. The molecule has 1 aromatic carbocycles. The molecule has 1 aliphatic rings. The third-order valence-electron chi connectivity index (χ3n) is 3.74. The van der Waals surface area contributed by atoms with E-state index >= 15 is 0 Å². The molecule has 1 heterocycles. The Labute approximate surface area is 143 Å². The second-order valence-electron chi connectivity index (χ2n) is 6.11. The van der Waals surface area contributed by atoms with Gasteiger partial charge >= 0.3 is 0 Å². The van der Waals surface area contributed by atoms with E-state index in [4.69, 9.17) is 0 Å². The van der Waals surface area contributed by atoms with Crippen molar-refractivity contribution >= 4 is 34.2 Å². The van der Waals surface area contributed by atoms with E-state index in [2.05, 4.69) is 26.6 Å². The van der Waals surface area contributed by atoms with Gasteiger partial charge in [-0.25, -0.2) is 8.78 Å². The topological polar surface area (TPSA) is 41.1 Å². The minimum Gasteiger partial charge on any atom is -0.354 e. The summed E-state index contributed by atoms with van der Waals surface area (Å²) in [6.45, 7) is 3.98. The number of carbonyl (C=O) groups is 1. The largest absolute Gasteiger partial charge is 0.354 e. The molecule has 2 rings (SSSR count). The molecule has 22 heavy (non-hydrogen) atoms. The predicted octanol–water partition coefficient (Wildman–Crippen LogP) is 3.26. The van der Waals surface area contributed by atoms with Gasteiger partial charge in [0, 0.05) is 22.9 Å². The van der Waals surface area contributed by atoms with Gasteiger partial charge in [-0.15, -0.1) is 12.4 Å². The molecular formula is C15H20BrClF2N2O. The second kappa shape index (κ2) is 7.23. The van der Waals surface area contributed by atoms with Crippen LogP contribution in [-0.4, -0.2) is 31.0 Å². The lowest BCUT2D eigenvalue weighted by Crippen LogP contribution is -2.45. The summed E-state index contributed by atoms with van der Waals surface area (Å²) in [7, 11) is 0. The number of rotatable bonds is 4. The second-order valence-corrected chi connectivity index (χ2v) is 7.02. The zero-order chi connectivity index (χ0) is 15.7. The summed E-state index contributed by atoms with van der Waals surface area (Å²) in [6.07, 6.45) is -0.434. The summed E-state index contributed by atoms with van der Waals surface area (Å²) >= 11 is 3.42. The fraction of sp³-hybridized carbons (Fsp3) is 0.533. The minimum absolute atomic E-state index is 0. The first-order valence-electron chi connectivity index (χ1n) is 6.85. The van der Waals surface area contributed by atoms with Gasteiger partial charge in [0.05, 0.1) is 12.6 Å². The number of hydrogen-bond acceptors (Lipinski definition) is 2. The highest BCUT2D eigenvalue weighted by atomic mass is 79.9. The fourth-order valence-corrected chi connectivity index (χ4v) is 2.74. The van der Waals surface area contributed by atoms with Crippen molar-refractivity contribution < 1.29 is 13.6 Å². The van der Waals surface area contributed by atoms with Gasteiger partial charge in [0.2, 0.25) is 5.91 Å². The Morgan fingerprint density at radius 3 is 2.73 bits per heavy atom. The van der Waals surface area contributed by atoms with Crippen LogP contribution in [0, 0.1) is 0 Å². The summed E-state index contributed by atoms with van der Waals surface area (Å²) in [6, 6.07) is 7.04. The van der Waals surface area contributed by atoms with E-state index in [9.17, 15) is 13.6 Å². The van der Waals surface area contributed by atoms with E-state index in [1.807, 2.05) is 38.1 Å². The molecule has 2 N–H and O–H groups in total. The van der Waals surface area contributed by atoms with Crippen molar-refractivity contribution in [2.24, 2.45) is 0 Å². The Bertz CT molecular complexity index is 540. The van der Waals surface area contributed by atoms with Crippen LogP contribution < -0.4 is 10.6 Å². The molecule has 1 unspecified atom stereocenters. The molecule has 124 valence electrons. The molecular weight excluding hydrogens is 378 g/mol. The predicted molar refractivity (Wildman–Crippen MR) is 88.8 cm³/mol. The van der Waals surface area contributed by atoms with Gasteiger partial charge in [-0.05, 0) is 17.7 Å². The minimum atomic E-state index is -2.79. The average molecular weight is 398 g/mol. The van der Waals surface area contributed by atoms with Gasteiger partial charge in [0.1, 0.15) is 0 Å². The summed E-state index contributed by atoms with van der Waals surface area (Å²) < 4.78 is 27.2. The molecule has 1 atom stereocenters. The Hall–Kier alpha value is -0.720. The molecule has 1 aromatic rings. The lowest BCUT2D eigenvalue weighted by Gasteiger charge is -2.26. The van der Waals surface area contributed by atoms with Crippen LogP contribution >= 0.6 is 28.3 Å². The monoisotopic (exact) mass is 396 g/mol. The number of alkyl halides is 2. The first kappa shape index (κ1) is 19.3. The molecule has 1 amide bonds. The fourth-order valence-electron chi connectivity index (χ4n) is 2.34. The molecule has 0 spiro atoms. The van der Waals surface area contributed by atoms with Crippen LogP contribution in [0.3, 0.4) is 0 Å². The highest BCUT2D eigenvalue weighted by molar-refractivity contribution is 9.10. The smallest absolute Gasteiger partial charge is 0.262 e. The van der Waals surface area contributed by atoms with E-state index in [0.29, 0.717) is 6.54 Å². The number of nitrogens with one attached hydrogen (secondary N) is 2. The molecule has 0 aliphatic carbocycles. The Kier molecular flexibility index (Phi) is 6.36. The van der Waals surface area contributed by atoms with Crippen LogP contribution in [0.4, 0.5) is 8.78 Å². The Morgan fingerprint density at radius 2 is 2.18 bits per heavy atom. The lowest BCUT2D eigenvalue weighted by atomic mass is 9.84. The first-order valence-corrected chi connectivity index (χ1v) is 7.64. The summed E-state index contributed by atoms with van der Waals surface area (Å²) in [4.78, 5) is 12.0. The highest BCUT2D eigenvalue weighted by Gasteiger charge is 2.42. The zero-order valence-corrected chi connectivity index (χ0v) is 14.9. The number of benzene rings is 1. The van der Waals surface area contributed by atoms with Crippen molar-refractivity contribution in [2.45, 2.75) is 37.6 Å². The molecule has 1 fully saturated rings. The van der Waals surface area contributed by atoms with Crippen LogP contribution in [0.25, 0.3) is 0 Å². The maximum absolute atomic E-state index is 13.1. The first-order chi connectivity index (χ1) is 9.70. The molecule has 1 aliphatic heterocycles. The quantitative estimate of drug-likeness (QED) is 0.819. The van der Waals surface area contributed by atoms with Gasteiger partial charge in [0.25, 0.3) is 5.92 Å². The maximum atomic E-state index is 13.1. The molecule has 1 saturated heterocycles. The number of carbonyl (C=O) groups excluding carboxylic acids is 1. The van der Waals surface area contributed by atoms with Gasteiger partial charge in [-0.2, -0.15) is 0 Å². The third-order valence-corrected chi connectivity index (χ3v) is 4.23. The average Bonchev–Trinajstić information content (AvgIpc) is 2.76. The standard InChI is InChI=1S/C15H19BrF2N2O.ClH/c1-14(2,10-4-3-5-11(16)6-10)8-20-13(21)12-7-15(17,18)9-19-12;/h3-6,12,19H,7-9H2,1-2H3,(H,20,21);1H. The molecule has 3 nitrogen and oxygen atoms in total. The number of hydrogen-bond donors (Lipinski definition) is 2. The van der Waals surface area contributed by atoms with Crippen molar-refractivity contribution in [3.8, 4) is 0 Å². The summed E-state index contributed by atoms with van der Waals surface area (Å²) in [5.41, 5.74) is 0.794. The zero-order valence-electron chi connectivity index (χ0n) is 12.5. The third kappa shape index (κ3) is 4.89. The number of amides is 1. The summed E-state index contributed by atoms with van der Waals surface area (Å²) in [5.74, 6) is -3.16. The van der Waals surface area contributed by atoms with Crippen molar-refractivity contribution in [1.29, 1.82) is 0 Å². The van der Waals surface area contributed by atoms with Gasteiger partial charge in [-0.3, -0.25) is 10.1 Å². The van der Waals surface area contributed by atoms with Crippen LogP contribution in [0.2, 0.25) is 0 Å². The van der Waals surface area contributed by atoms with Gasteiger partial charge in [0.15, 0.2) is 0 Å². The SMILES string of the molecule is CC(C)(CNC(=O)C1CC(F)(F)CN1)c1cccc(Br)c1.Cl. The molecule has 7 heteroatoms. The van der Waals surface area contributed by atoms with Crippen LogP contribution in [0.5, 0.6) is 0 Å². The Morgan fingerprint density at radius 1 is 1.50 bits per heavy atom. The van der Waals surface area contributed by atoms with Crippen molar-refractivity contribution in [1.82, 2.24) is 10.6 Å². The van der Waals surface area contributed by atoms with Crippen LogP contribution in [0.1, 0.15) is 25.8 Å². The van der Waals surface area contributed by atoms with Crippen LogP contribution in [-0.2, 0) is 10.2 Å².